The summed E-state index contributed by atoms with van der Waals surface area (Å²) in [6, 6.07) is 14.0. The summed E-state index contributed by atoms with van der Waals surface area (Å²) >= 11 is 1.15. The summed E-state index contributed by atoms with van der Waals surface area (Å²) in [6.07, 6.45) is 1.13. The van der Waals surface area contributed by atoms with Gasteiger partial charge in [0.2, 0.25) is 5.91 Å². The third-order valence-corrected chi connectivity index (χ3v) is 7.30. The summed E-state index contributed by atoms with van der Waals surface area (Å²) in [7, 11) is 0. The summed E-state index contributed by atoms with van der Waals surface area (Å²) < 4.78 is 0.829. The van der Waals surface area contributed by atoms with Gasteiger partial charge in [0, 0.05) is 45.7 Å². The molecule has 0 aliphatic rings. The Morgan fingerprint density at radius 1 is 1.06 bits per heavy atom. The predicted molar refractivity (Wildman–Crippen MR) is 149 cm³/mol. The van der Waals surface area contributed by atoms with Gasteiger partial charge in [-0.05, 0) is 34.9 Å². The minimum absolute atomic E-state index is 0.108. The molecule has 0 bridgehead atoms. The molecular weight excluding hydrogens is 472 g/mol. The predicted octanol–water partition coefficient (Wildman–Crippen LogP) is 4.17. The van der Waals surface area contributed by atoms with E-state index in [1.807, 2.05) is 12.1 Å². The number of carbonyl (C=O) groups excluding carboxylic acids is 1. The van der Waals surface area contributed by atoms with Crippen molar-refractivity contribution in [3.63, 3.8) is 0 Å². The summed E-state index contributed by atoms with van der Waals surface area (Å²) in [6.45, 7) is 13.9. The fourth-order valence-corrected chi connectivity index (χ4v) is 5.51. The molecule has 0 fully saturated rings. The highest BCUT2D eigenvalue weighted by Crippen LogP contribution is 2.28. The van der Waals surface area contributed by atoms with Crippen molar-refractivity contribution in [2.24, 2.45) is 11.1 Å². The van der Waals surface area contributed by atoms with Gasteiger partial charge in [-0.1, -0.05) is 75.4 Å². The monoisotopic (exact) mass is 512 g/mol. The number of nitrogens with zero attached hydrogens (tertiary/aromatic N) is 2. The number of carbonyl (C=O) groups is 1. The van der Waals surface area contributed by atoms with Crippen LogP contribution < -0.4 is 10.6 Å². The van der Waals surface area contributed by atoms with Gasteiger partial charge in [-0.3, -0.25) is 9.59 Å². The van der Waals surface area contributed by atoms with Gasteiger partial charge in [-0.2, -0.15) is 0 Å². The van der Waals surface area contributed by atoms with Crippen molar-refractivity contribution in [2.45, 2.75) is 46.5 Å². The van der Waals surface area contributed by atoms with Crippen molar-refractivity contribution in [2.75, 3.05) is 39.3 Å². The first-order valence-corrected chi connectivity index (χ1v) is 13.4. The molecule has 1 unspecified atom stereocenters. The van der Waals surface area contributed by atoms with Crippen LogP contribution in [0.3, 0.4) is 0 Å². The first-order valence-electron chi connectivity index (χ1n) is 12.6. The number of primary amides is 1. The third-order valence-electron chi connectivity index (χ3n) is 6.34. The Morgan fingerprint density at radius 3 is 2.42 bits per heavy atom. The topological polar surface area (TPSA) is 103 Å². The summed E-state index contributed by atoms with van der Waals surface area (Å²) in [5.41, 5.74) is 8.47. The minimum atomic E-state index is -0.277. The zero-order chi connectivity index (χ0) is 26.3. The average Bonchev–Trinajstić information content (AvgIpc) is 3.22. The van der Waals surface area contributed by atoms with Crippen LogP contribution in [0.2, 0.25) is 0 Å². The SMILES string of the molecule is CC(CN(CCC(N)=O)CCN(CCc1ccc(O)c2[nH]c(=O)sc12)CC(C)(C)C)c1ccccc1. The molecule has 0 saturated carbocycles. The molecule has 4 N–H and O–H groups in total. The maximum atomic E-state index is 11.9. The smallest absolute Gasteiger partial charge is 0.305 e. The van der Waals surface area contributed by atoms with Crippen LogP contribution in [-0.2, 0) is 11.2 Å². The number of nitrogens with two attached hydrogens (primary N) is 1. The highest BCUT2D eigenvalue weighted by Gasteiger charge is 2.20. The van der Waals surface area contributed by atoms with Crippen molar-refractivity contribution in [3.05, 3.63) is 63.3 Å². The Kier molecular flexibility index (Phi) is 9.70. The van der Waals surface area contributed by atoms with E-state index in [2.05, 4.69) is 66.7 Å². The summed E-state index contributed by atoms with van der Waals surface area (Å²) in [4.78, 5) is 30.8. The number of aromatic hydroxyl groups is 1. The standard InChI is InChI=1S/C28H40N4O3S/c1-20(21-8-6-5-7-9-21)18-31(15-13-24(29)34)16-17-32(19-28(2,3)4)14-12-22-10-11-23(33)25-26(22)36-27(35)30-25/h5-11,20,33H,12-19H2,1-4H3,(H2,29,34)(H,30,35). The van der Waals surface area contributed by atoms with E-state index < -0.39 is 0 Å². The zero-order valence-electron chi connectivity index (χ0n) is 21.9. The Morgan fingerprint density at radius 2 is 1.75 bits per heavy atom. The van der Waals surface area contributed by atoms with Crippen LogP contribution in [-0.4, -0.2) is 65.1 Å². The normalized spacial score (nSPS) is 13.1. The molecule has 2 aromatic carbocycles. The number of rotatable bonds is 13. The van der Waals surface area contributed by atoms with Gasteiger partial charge >= 0.3 is 4.87 Å². The van der Waals surface area contributed by atoms with Crippen molar-refractivity contribution >= 4 is 27.5 Å². The molecule has 1 aromatic heterocycles. The number of hydrogen-bond donors (Lipinski definition) is 3. The van der Waals surface area contributed by atoms with Crippen molar-refractivity contribution in [3.8, 4) is 5.75 Å². The van der Waals surface area contributed by atoms with Crippen LogP contribution in [0.25, 0.3) is 10.2 Å². The lowest BCUT2D eigenvalue weighted by molar-refractivity contribution is -0.118. The highest BCUT2D eigenvalue weighted by molar-refractivity contribution is 7.16. The van der Waals surface area contributed by atoms with E-state index in [-0.39, 0.29) is 21.9 Å². The molecule has 7 nitrogen and oxygen atoms in total. The van der Waals surface area contributed by atoms with Gasteiger partial charge in [0.25, 0.3) is 0 Å². The van der Waals surface area contributed by atoms with E-state index in [9.17, 15) is 14.7 Å². The molecule has 3 aromatic rings. The maximum Gasteiger partial charge on any atom is 0.305 e. The number of amides is 1. The molecule has 3 rings (SSSR count). The molecule has 0 radical (unpaired) electrons. The van der Waals surface area contributed by atoms with Gasteiger partial charge < -0.3 is 25.6 Å². The van der Waals surface area contributed by atoms with Gasteiger partial charge in [-0.25, -0.2) is 0 Å². The molecule has 1 heterocycles. The lowest BCUT2D eigenvalue weighted by Gasteiger charge is -2.33. The van der Waals surface area contributed by atoms with Crippen LogP contribution in [0.1, 0.15) is 51.2 Å². The summed E-state index contributed by atoms with van der Waals surface area (Å²) in [5.74, 6) is 0.175. The number of hydrogen-bond acceptors (Lipinski definition) is 6. The van der Waals surface area contributed by atoms with Crippen LogP contribution in [0.4, 0.5) is 0 Å². The second kappa shape index (κ2) is 12.5. The summed E-state index contributed by atoms with van der Waals surface area (Å²) in [5, 5.41) is 10.1. The van der Waals surface area contributed by atoms with Crippen molar-refractivity contribution in [1.29, 1.82) is 0 Å². The fourth-order valence-electron chi connectivity index (χ4n) is 4.61. The van der Waals surface area contributed by atoms with E-state index in [1.165, 1.54) is 5.56 Å². The lowest BCUT2D eigenvalue weighted by Crippen LogP contribution is -2.42. The number of benzene rings is 2. The number of aromatic nitrogens is 1. The quantitative estimate of drug-likeness (QED) is 0.319. The number of H-pyrrole nitrogens is 1. The molecule has 0 aliphatic carbocycles. The largest absolute Gasteiger partial charge is 0.506 e. The van der Waals surface area contributed by atoms with Crippen LogP contribution in [0, 0.1) is 5.41 Å². The van der Waals surface area contributed by atoms with Crippen molar-refractivity contribution in [1.82, 2.24) is 14.8 Å². The molecule has 8 heteroatoms. The number of phenolic OH excluding ortho intramolecular Hbond substituents is 1. The van der Waals surface area contributed by atoms with E-state index in [4.69, 9.17) is 5.73 Å². The minimum Gasteiger partial charge on any atom is -0.506 e. The number of fused-ring (bicyclic) bond motifs is 1. The van der Waals surface area contributed by atoms with Crippen LogP contribution >= 0.6 is 11.3 Å². The number of nitrogens with one attached hydrogen (secondary N) is 1. The first kappa shape index (κ1) is 27.9. The third kappa shape index (κ3) is 8.47. The van der Waals surface area contributed by atoms with Crippen LogP contribution in [0.5, 0.6) is 5.75 Å². The van der Waals surface area contributed by atoms with Crippen molar-refractivity contribution < 1.29 is 9.90 Å². The number of thiazole rings is 1. The van der Waals surface area contributed by atoms with Gasteiger partial charge in [-0.15, -0.1) is 0 Å². The zero-order valence-corrected chi connectivity index (χ0v) is 22.7. The number of phenols is 1. The second-order valence-electron chi connectivity index (χ2n) is 10.9. The Hall–Kier alpha value is -2.68. The van der Waals surface area contributed by atoms with E-state index in [1.54, 1.807) is 6.07 Å². The van der Waals surface area contributed by atoms with Gasteiger partial charge in [0.05, 0.1) is 4.70 Å². The van der Waals surface area contributed by atoms with Gasteiger partial charge in [0.1, 0.15) is 11.3 Å². The molecule has 1 amide bonds. The molecule has 1 atom stereocenters. The first-order chi connectivity index (χ1) is 17.0. The molecule has 0 saturated heterocycles. The number of aromatic amines is 1. The van der Waals surface area contributed by atoms with Gasteiger partial charge in [0.15, 0.2) is 0 Å². The molecule has 0 aliphatic heterocycles. The molecule has 196 valence electrons. The fraction of sp³-hybridized carbons (Fsp3) is 0.500. The maximum absolute atomic E-state index is 11.9. The average molecular weight is 513 g/mol. The Labute approximate surface area is 217 Å². The second-order valence-corrected chi connectivity index (χ2v) is 11.9. The highest BCUT2D eigenvalue weighted by atomic mass is 32.1. The lowest BCUT2D eigenvalue weighted by atomic mass is 9.95. The Bertz CT molecular complexity index is 1180. The molecular formula is C28H40N4O3S. The van der Waals surface area contributed by atoms with E-state index in [0.29, 0.717) is 24.4 Å². The molecule has 36 heavy (non-hydrogen) atoms. The van der Waals surface area contributed by atoms with Crippen LogP contribution in [0.15, 0.2) is 47.3 Å². The van der Waals surface area contributed by atoms with E-state index in [0.717, 1.165) is 60.7 Å². The van der Waals surface area contributed by atoms with E-state index >= 15 is 0 Å². The molecule has 0 spiro atoms. The Balaban J connectivity index is 1.70.